The molecule has 0 fully saturated rings. The lowest BCUT2D eigenvalue weighted by atomic mass is 10.1. The summed E-state index contributed by atoms with van der Waals surface area (Å²) in [4.78, 5) is 0. The molecule has 0 aliphatic rings. The van der Waals surface area contributed by atoms with E-state index >= 15 is 0 Å². The van der Waals surface area contributed by atoms with Gasteiger partial charge in [0.15, 0.2) is 0 Å². The summed E-state index contributed by atoms with van der Waals surface area (Å²) in [6.07, 6.45) is 0. The highest BCUT2D eigenvalue weighted by molar-refractivity contribution is 5.68. The van der Waals surface area contributed by atoms with Crippen LogP contribution in [-0.4, -0.2) is 24.4 Å². The average Bonchev–Trinajstić information content (AvgIpc) is 2.39. The Kier molecular flexibility index (Phi) is 3.23. The van der Waals surface area contributed by atoms with Crippen LogP contribution >= 0.6 is 0 Å². The van der Waals surface area contributed by atoms with Crippen molar-refractivity contribution in [3.63, 3.8) is 0 Å². The zero-order valence-electron chi connectivity index (χ0n) is 10.2. The molecule has 2 rings (SSSR count). The fourth-order valence-corrected chi connectivity index (χ4v) is 1.63. The zero-order chi connectivity index (χ0) is 12.3. The minimum atomic E-state index is 0.750. The Morgan fingerprint density at radius 3 is 2.53 bits per heavy atom. The fourth-order valence-electron chi connectivity index (χ4n) is 1.63. The maximum absolute atomic E-state index is 5.33. The Balaban J connectivity index is 2.47. The molecule has 0 aliphatic carbocycles. The summed E-state index contributed by atoms with van der Waals surface area (Å²) >= 11 is 0. The second kappa shape index (κ2) is 4.82. The molecule has 2 aromatic rings. The van der Waals surface area contributed by atoms with E-state index in [1.165, 1.54) is 5.56 Å². The van der Waals surface area contributed by atoms with E-state index in [4.69, 9.17) is 4.74 Å². The molecule has 0 amide bonds. The van der Waals surface area contributed by atoms with Gasteiger partial charge >= 0.3 is 0 Å². The van der Waals surface area contributed by atoms with Crippen LogP contribution in [0.25, 0.3) is 11.3 Å². The van der Waals surface area contributed by atoms with E-state index in [-0.39, 0.29) is 0 Å². The van der Waals surface area contributed by atoms with Crippen LogP contribution in [0.2, 0.25) is 0 Å². The first kappa shape index (κ1) is 11.4. The van der Waals surface area contributed by atoms with Crippen molar-refractivity contribution < 1.29 is 4.74 Å². The molecular weight excluding hydrogens is 214 g/mol. The highest BCUT2D eigenvalue weighted by atomic mass is 16.5. The Bertz CT molecular complexity index is 509. The predicted molar refractivity (Wildman–Crippen MR) is 68.3 cm³/mol. The quantitative estimate of drug-likeness (QED) is 0.878. The number of benzene rings is 1. The largest absolute Gasteiger partial charge is 0.496 e. The minimum Gasteiger partial charge on any atom is -0.496 e. The molecule has 0 bridgehead atoms. The number of nitrogens with one attached hydrogen (secondary N) is 1. The molecule has 4 nitrogen and oxygen atoms in total. The Labute approximate surface area is 101 Å². The van der Waals surface area contributed by atoms with E-state index < -0.39 is 0 Å². The fraction of sp³-hybridized carbons (Fsp3) is 0.231. The maximum atomic E-state index is 5.33. The van der Waals surface area contributed by atoms with Crippen molar-refractivity contribution in [2.75, 3.05) is 19.5 Å². The molecule has 0 unspecified atom stereocenters. The number of hydrogen-bond acceptors (Lipinski definition) is 4. The first-order valence-corrected chi connectivity index (χ1v) is 5.41. The average molecular weight is 229 g/mol. The van der Waals surface area contributed by atoms with E-state index in [9.17, 15) is 0 Å². The van der Waals surface area contributed by atoms with Gasteiger partial charge in [0.1, 0.15) is 11.6 Å². The Hall–Kier alpha value is -2.10. The number of anilines is 1. The molecule has 4 heteroatoms. The number of nitrogens with zero attached hydrogens (tertiary/aromatic N) is 2. The van der Waals surface area contributed by atoms with Crippen molar-refractivity contribution in [2.24, 2.45) is 0 Å². The molecule has 0 saturated carbocycles. The van der Waals surface area contributed by atoms with Gasteiger partial charge in [-0.15, -0.1) is 10.2 Å². The molecule has 1 N–H and O–H groups in total. The van der Waals surface area contributed by atoms with Crippen LogP contribution in [0.3, 0.4) is 0 Å². The molecule has 1 heterocycles. The van der Waals surface area contributed by atoms with Gasteiger partial charge in [0.25, 0.3) is 0 Å². The summed E-state index contributed by atoms with van der Waals surface area (Å²) < 4.78 is 5.33. The van der Waals surface area contributed by atoms with Crippen LogP contribution in [0.5, 0.6) is 5.75 Å². The van der Waals surface area contributed by atoms with Crippen LogP contribution in [0.15, 0.2) is 30.3 Å². The number of aryl methyl sites for hydroxylation is 1. The minimum absolute atomic E-state index is 0.750. The van der Waals surface area contributed by atoms with Gasteiger partial charge in [0.05, 0.1) is 12.8 Å². The standard InChI is InChI=1S/C13H15N3O/c1-9-4-6-12(17-3)10(8-9)11-5-7-13(14-2)16-15-11/h4-8H,1-3H3,(H,14,16). The van der Waals surface area contributed by atoms with Crippen molar-refractivity contribution >= 4 is 5.82 Å². The third-order valence-corrected chi connectivity index (χ3v) is 2.55. The molecule has 0 spiro atoms. The lowest BCUT2D eigenvalue weighted by molar-refractivity contribution is 0.416. The van der Waals surface area contributed by atoms with E-state index in [2.05, 4.69) is 15.5 Å². The van der Waals surface area contributed by atoms with Crippen LogP contribution < -0.4 is 10.1 Å². The molecule has 88 valence electrons. The topological polar surface area (TPSA) is 47.0 Å². The molecule has 0 radical (unpaired) electrons. The van der Waals surface area contributed by atoms with Gasteiger partial charge in [0, 0.05) is 12.6 Å². The highest BCUT2D eigenvalue weighted by Gasteiger charge is 2.07. The number of ether oxygens (including phenoxy) is 1. The van der Waals surface area contributed by atoms with Crippen LogP contribution in [0, 0.1) is 6.92 Å². The van der Waals surface area contributed by atoms with Crippen molar-refractivity contribution in [2.45, 2.75) is 6.92 Å². The number of aromatic nitrogens is 2. The molecule has 0 saturated heterocycles. The second-order valence-electron chi connectivity index (χ2n) is 3.76. The van der Waals surface area contributed by atoms with Gasteiger partial charge in [0.2, 0.25) is 0 Å². The molecule has 17 heavy (non-hydrogen) atoms. The van der Waals surface area contributed by atoms with Crippen molar-refractivity contribution in [3.8, 4) is 17.0 Å². The Morgan fingerprint density at radius 2 is 1.94 bits per heavy atom. The number of rotatable bonds is 3. The summed E-state index contributed by atoms with van der Waals surface area (Å²) in [7, 11) is 3.47. The third kappa shape index (κ3) is 2.36. The molecule has 0 aliphatic heterocycles. The van der Waals surface area contributed by atoms with Gasteiger partial charge in [-0.1, -0.05) is 11.6 Å². The van der Waals surface area contributed by atoms with Gasteiger partial charge in [-0.05, 0) is 31.2 Å². The smallest absolute Gasteiger partial charge is 0.148 e. The lowest BCUT2D eigenvalue weighted by Crippen LogP contribution is -1.96. The molecule has 0 atom stereocenters. The SMILES string of the molecule is CNc1ccc(-c2cc(C)ccc2OC)nn1. The summed E-state index contributed by atoms with van der Waals surface area (Å²) in [5.41, 5.74) is 2.94. The molecule has 1 aromatic heterocycles. The Morgan fingerprint density at radius 1 is 1.12 bits per heavy atom. The van der Waals surface area contributed by atoms with Crippen molar-refractivity contribution in [1.82, 2.24) is 10.2 Å². The van der Waals surface area contributed by atoms with Gasteiger partial charge < -0.3 is 10.1 Å². The maximum Gasteiger partial charge on any atom is 0.148 e. The van der Waals surface area contributed by atoms with Gasteiger partial charge in [-0.2, -0.15) is 0 Å². The highest BCUT2D eigenvalue weighted by Crippen LogP contribution is 2.29. The molecule has 1 aromatic carbocycles. The van der Waals surface area contributed by atoms with Crippen LogP contribution in [0.1, 0.15) is 5.56 Å². The first-order chi connectivity index (χ1) is 8.24. The first-order valence-electron chi connectivity index (χ1n) is 5.41. The van der Waals surface area contributed by atoms with Gasteiger partial charge in [-0.3, -0.25) is 0 Å². The normalized spacial score (nSPS) is 10.1. The molecular formula is C13H15N3O. The number of methoxy groups -OCH3 is 1. The van der Waals surface area contributed by atoms with E-state index in [1.807, 2.05) is 44.3 Å². The van der Waals surface area contributed by atoms with Crippen molar-refractivity contribution in [1.29, 1.82) is 0 Å². The van der Waals surface area contributed by atoms with Crippen LogP contribution in [-0.2, 0) is 0 Å². The summed E-state index contributed by atoms with van der Waals surface area (Å²) in [6.45, 7) is 2.04. The summed E-state index contributed by atoms with van der Waals surface area (Å²) in [6, 6.07) is 9.82. The third-order valence-electron chi connectivity index (χ3n) is 2.55. The summed E-state index contributed by atoms with van der Waals surface area (Å²) in [5, 5.41) is 11.2. The van der Waals surface area contributed by atoms with E-state index in [1.54, 1.807) is 7.11 Å². The zero-order valence-corrected chi connectivity index (χ0v) is 10.2. The predicted octanol–water partition coefficient (Wildman–Crippen LogP) is 2.50. The monoisotopic (exact) mass is 229 g/mol. The lowest BCUT2D eigenvalue weighted by Gasteiger charge is -2.08. The van der Waals surface area contributed by atoms with E-state index in [0.717, 1.165) is 22.8 Å². The summed E-state index contributed by atoms with van der Waals surface area (Å²) in [5.74, 6) is 1.56. The van der Waals surface area contributed by atoms with Crippen molar-refractivity contribution in [3.05, 3.63) is 35.9 Å². The van der Waals surface area contributed by atoms with E-state index in [0.29, 0.717) is 0 Å². The van der Waals surface area contributed by atoms with Gasteiger partial charge in [-0.25, -0.2) is 0 Å². The van der Waals surface area contributed by atoms with Crippen LogP contribution in [0.4, 0.5) is 5.82 Å². The second-order valence-corrected chi connectivity index (χ2v) is 3.76. The number of hydrogen-bond donors (Lipinski definition) is 1.